The molecule has 1 aromatic rings. The fourth-order valence-electron chi connectivity index (χ4n) is 5.01. The number of alkyl carbamates (subject to hydrolysis) is 1. The first-order valence-corrected chi connectivity index (χ1v) is 10.1. The van der Waals surface area contributed by atoms with Gasteiger partial charge in [-0.2, -0.15) is 0 Å². The number of hydrogen-bond acceptors (Lipinski definition) is 5. The zero-order chi connectivity index (χ0) is 19.7. The predicted octanol–water partition coefficient (Wildman–Crippen LogP) is 2.72. The normalized spacial score (nSPS) is 28.5. The third kappa shape index (κ3) is 3.62. The summed E-state index contributed by atoms with van der Waals surface area (Å²) in [7, 11) is 3.18. The monoisotopic (exact) mass is 388 g/mol. The molecular formula is C21H28N2O5. The molecule has 1 saturated carbocycles. The van der Waals surface area contributed by atoms with E-state index in [9.17, 15) is 9.59 Å². The smallest absolute Gasteiger partial charge is 0.407 e. The van der Waals surface area contributed by atoms with Crippen LogP contribution in [0.4, 0.5) is 4.79 Å². The molecule has 2 bridgehead atoms. The minimum atomic E-state index is -0.436. The molecule has 4 rings (SSSR count). The van der Waals surface area contributed by atoms with Crippen molar-refractivity contribution in [2.75, 3.05) is 20.8 Å². The Morgan fingerprint density at radius 3 is 2.61 bits per heavy atom. The molecular weight excluding hydrogens is 360 g/mol. The van der Waals surface area contributed by atoms with Gasteiger partial charge in [0.15, 0.2) is 0 Å². The van der Waals surface area contributed by atoms with Gasteiger partial charge in [-0.3, -0.25) is 4.79 Å². The molecule has 152 valence electrons. The molecule has 0 spiro atoms. The van der Waals surface area contributed by atoms with E-state index in [0.29, 0.717) is 24.5 Å². The van der Waals surface area contributed by atoms with E-state index in [2.05, 4.69) is 5.32 Å². The van der Waals surface area contributed by atoms with Crippen LogP contribution in [0.2, 0.25) is 0 Å². The van der Waals surface area contributed by atoms with Gasteiger partial charge in [-0.25, -0.2) is 4.79 Å². The van der Waals surface area contributed by atoms with Gasteiger partial charge >= 0.3 is 6.09 Å². The maximum atomic E-state index is 12.6. The van der Waals surface area contributed by atoms with Crippen LogP contribution in [0.15, 0.2) is 18.2 Å². The summed E-state index contributed by atoms with van der Waals surface area (Å²) in [6, 6.07) is 5.72. The first kappa shape index (κ1) is 18.9. The lowest BCUT2D eigenvalue weighted by molar-refractivity contribution is -0.143. The molecule has 0 aromatic heterocycles. The molecule has 1 aliphatic carbocycles. The minimum absolute atomic E-state index is 0.0137. The second-order valence-corrected chi connectivity index (χ2v) is 7.95. The molecule has 1 N–H and O–H groups in total. The van der Waals surface area contributed by atoms with Gasteiger partial charge in [0.1, 0.15) is 17.6 Å². The molecule has 7 heteroatoms. The number of hydrogen-bond donors (Lipinski definition) is 1. The van der Waals surface area contributed by atoms with E-state index in [1.165, 1.54) is 0 Å². The van der Waals surface area contributed by atoms with Gasteiger partial charge in [0.05, 0.1) is 14.2 Å². The Morgan fingerprint density at radius 1 is 1.14 bits per heavy atom. The van der Waals surface area contributed by atoms with Crippen molar-refractivity contribution in [3.63, 3.8) is 0 Å². The standard InChI is InChI=1S/C21H28N2O5/c1-26-15-7-13(8-16(11-15)27-2)12-22-21(25)28-19-10-14-9-17(19)18-5-3-4-6-23(18)20(14)24/h7-8,11,14,17-19H,3-6,9-10,12H2,1-2H3,(H,22,25)/t14-,17-,18-,19-/m1/s1. The maximum Gasteiger partial charge on any atom is 0.407 e. The fourth-order valence-corrected chi connectivity index (χ4v) is 5.01. The molecule has 2 aliphatic heterocycles. The van der Waals surface area contributed by atoms with Crippen molar-refractivity contribution in [2.45, 2.75) is 50.8 Å². The van der Waals surface area contributed by atoms with Crippen LogP contribution < -0.4 is 14.8 Å². The topological polar surface area (TPSA) is 77.1 Å². The van der Waals surface area contributed by atoms with Crippen molar-refractivity contribution in [1.82, 2.24) is 10.2 Å². The zero-order valence-electron chi connectivity index (χ0n) is 16.5. The molecule has 4 atom stereocenters. The number of methoxy groups -OCH3 is 2. The van der Waals surface area contributed by atoms with Crippen LogP contribution in [0.3, 0.4) is 0 Å². The van der Waals surface area contributed by atoms with Gasteiger partial charge in [-0.15, -0.1) is 0 Å². The Morgan fingerprint density at radius 2 is 1.89 bits per heavy atom. The number of ether oxygens (including phenoxy) is 3. The van der Waals surface area contributed by atoms with Crippen molar-refractivity contribution in [3.8, 4) is 11.5 Å². The number of nitrogens with zero attached hydrogens (tertiary/aromatic N) is 1. The summed E-state index contributed by atoms with van der Waals surface area (Å²) >= 11 is 0. The van der Waals surface area contributed by atoms with E-state index in [1.807, 2.05) is 17.0 Å². The van der Waals surface area contributed by atoms with Crippen LogP contribution >= 0.6 is 0 Å². The number of amides is 2. The Kier molecular flexibility index (Phi) is 5.33. The van der Waals surface area contributed by atoms with Crippen molar-refractivity contribution in [3.05, 3.63) is 23.8 Å². The molecule has 0 unspecified atom stereocenters. The summed E-state index contributed by atoms with van der Waals surface area (Å²) in [6.45, 7) is 1.18. The van der Waals surface area contributed by atoms with Crippen LogP contribution in [0, 0.1) is 11.8 Å². The number of fused-ring (bicyclic) bond motifs is 4. The largest absolute Gasteiger partial charge is 0.497 e. The van der Waals surface area contributed by atoms with E-state index in [-0.39, 0.29) is 29.9 Å². The van der Waals surface area contributed by atoms with E-state index in [4.69, 9.17) is 14.2 Å². The van der Waals surface area contributed by atoms with Crippen molar-refractivity contribution in [2.24, 2.45) is 11.8 Å². The Bertz CT molecular complexity index is 730. The van der Waals surface area contributed by atoms with Crippen LogP contribution in [0.5, 0.6) is 11.5 Å². The second-order valence-electron chi connectivity index (χ2n) is 7.95. The first-order valence-electron chi connectivity index (χ1n) is 10.1. The summed E-state index contributed by atoms with van der Waals surface area (Å²) in [6.07, 6.45) is 4.14. The lowest BCUT2D eigenvalue weighted by atomic mass is 9.84. The Balaban J connectivity index is 1.36. The highest BCUT2D eigenvalue weighted by atomic mass is 16.6. The SMILES string of the molecule is COc1cc(CNC(=O)O[C@@H]2C[C@H]3C[C@@H]2[C@H]2CCCCN2C3=O)cc(OC)c1. The Hall–Kier alpha value is -2.44. The number of carbonyl (C=O) groups excluding carboxylic acids is 2. The molecule has 1 aromatic carbocycles. The van der Waals surface area contributed by atoms with E-state index in [1.54, 1.807) is 20.3 Å². The zero-order valence-corrected chi connectivity index (χ0v) is 16.5. The average Bonchev–Trinajstić information content (AvgIpc) is 3.10. The molecule has 28 heavy (non-hydrogen) atoms. The number of rotatable bonds is 5. The van der Waals surface area contributed by atoms with Gasteiger partial charge in [0.2, 0.25) is 5.91 Å². The van der Waals surface area contributed by atoms with Crippen LogP contribution in [0.25, 0.3) is 0 Å². The summed E-state index contributed by atoms with van der Waals surface area (Å²) in [4.78, 5) is 27.1. The lowest BCUT2D eigenvalue weighted by Gasteiger charge is -2.43. The molecule has 3 fully saturated rings. The highest BCUT2D eigenvalue weighted by molar-refractivity contribution is 5.81. The number of piperidine rings is 2. The summed E-state index contributed by atoms with van der Waals surface area (Å²) in [5.74, 6) is 1.89. The number of benzene rings is 1. The quantitative estimate of drug-likeness (QED) is 0.839. The van der Waals surface area contributed by atoms with Crippen LogP contribution in [0.1, 0.15) is 37.7 Å². The molecule has 2 saturated heterocycles. The van der Waals surface area contributed by atoms with E-state index >= 15 is 0 Å². The average molecular weight is 388 g/mol. The highest BCUT2D eigenvalue weighted by Gasteiger charge is 2.52. The number of carbonyl (C=O) groups is 2. The Labute approximate surface area is 165 Å². The van der Waals surface area contributed by atoms with Gasteiger partial charge < -0.3 is 24.4 Å². The molecule has 2 amide bonds. The molecule has 7 nitrogen and oxygen atoms in total. The van der Waals surface area contributed by atoms with Gasteiger partial charge in [-0.05, 0) is 49.8 Å². The molecule has 3 aliphatic rings. The lowest BCUT2D eigenvalue weighted by Crippen LogP contribution is -2.53. The van der Waals surface area contributed by atoms with Crippen molar-refractivity contribution in [1.29, 1.82) is 0 Å². The fraction of sp³-hybridized carbons (Fsp3) is 0.619. The second kappa shape index (κ2) is 7.89. The predicted molar refractivity (Wildman–Crippen MR) is 102 cm³/mol. The molecule has 2 heterocycles. The highest BCUT2D eigenvalue weighted by Crippen LogP contribution is 2.45. The van der Waals surface area contributed by atoms with Crippen molar-refractivity contribution >= 4 is 12.0 Å². The van der Waals surface area contributed by atoms with Crippen LogP contribution in [-0.4, -0.2) is 49.8 Å². The summed E-state index contributed by atoms with van der Waals surface area (Å²) < 4.78 is 16.3. The van der Waals surface area contributed by atoms with E-state index in [0.717, 1.165) is 37.8 Å². The molecule has 0 radical (unpaired) electrons. The third-order valence-electron chi connectivity index (χ3n) is 6.33. The summed E-state index contributed by atoms with van der Waals surface area (Å²) in [5.41, 5.74) is 0.868. The first-order chi connectivity index (χ1) is 13.6. The minimum Gasteiger partial charge on any atom is -0.497 e. The number of nitrogens with one attached hydrogen (secondary N) is 1. The van der Waals surface area contributed by atoms with E-state index < -0.39 is 6.09 Å². The van der Waals surface area contributed by atoms with Crippen LogP contribution in [-0.2, 0) is 16.1 Å². The summed E-state index contributed by atoms with van der Waals surface area (Å²) in [5, 5.41) is 2.82. The van der Waals surface area contributed by atoms with Gasteiger partial charge in [-0.1, -0.05) is 0 Å². The maximum absolute atomic E-state index is 12.6. The van der Waals surface area contributed by atoms with Crippen molar-refractivity contribution < 1.29 is 23.8 Å². The third-order valence-corrected chi connectivity index (χ3v) is 6.33. The van der Waals surface area contributed by atoms with Gasteiger partial charge in [0.25, 0.3) is 0 Å². The van der Waals surface area contributed by atoms with Gasteiger partial charge in [0, 0.05) is 37.0 Å².